The van der Waals surface area contributed by atoms with Crippen LogP contribution in [0, 0.1) is 13.8 Å². The van der Waals surface area contributed by atoms with Crippen LogP contribution in [0.4, 0.5) is 0 Å². The highest BCUT2D eigenvalue weighted by Crippen LogP contribution is 2.22. The Morgan fingerprint density at radius 3 is 2.39 bits per heavy atom. The van der Waals surface area contributed by atoms with Crippen LogP contribution in [0.25, 0.3) is 6.08 Å². The van der Waals surface area contributed by atoms with Gasteiger partial charge in [0.15, 0.2) is 0 Å². The molecule has 0 aliphatic rings. The van der Waals surface area contributed by atoms with Crippen LogP contribution in [0.15, 0.2) is 48.5 Å². The molecule has 1 heteroatoms. The first-order valence-electron chi connectivity index (χ1n) is 6.17. The van der Waals surface area contributed by atoms with E-state index in [0.29, 0.717) is 5.75 Å². The second kappa shape index (κ2) is 5.54. The van der Waals surface area contributed by atoms with E-state index < -0.39 is 0 Å². The second-order valence-electron chi connectivity index (χ2n) is 4.58. The fraction of sp³-hybridized carbons (Fsp3) is 0.176. The van der Waals surface area contributed by atoms with Crippen molar-refractivity contribution < 1.29 is 5.11 Å². The summed E-state index contributed by atoms with van der Waals surface area (Å²) in [6.45, 7) is 4.08. The first-order valence-corrected chi connectivity index (χ1v) is 6.17. The number of rotatable bonds is 3. The summed E-state index contributed by atoms with van der Waals surface area (Å²) in [5.74, 6) is 0.385. The molecule has 2 aromatic carbocycles. The van der Waals surface area contributed by atoms with E-state index in [1.807, 2.05) is 31.2 Å². The van der Waals surface area contributed by atoms with Crippen LogP contribution in [-0.2, 0) is 6.42 Å². The Morgan fingerprint density at radius 1 is 1.00 bits per heavy atom. The lowest BCUT2D eigenvalue weighted by Gasteiger charge is -2.06. The molecular formula is C17H18O. The molecule has 2 rings (SSSR count). The minimum atomic E-state index is 0.385. The lowest BCUT2D eigenvalue weighted by molar-refractivity contribution is 0.469. The Hall–Kier alpha value is -2.02. The number of phenols is 1. The summed E-state index contributed by atoms with van der Waals surface area (Å²) in [7, 11) is 0. The van der Waals surface area contributed by atoms with E-state index in [0.717, 1.165) is 17.5 Å². The molecule has 0 unspecified atom stereocenters. The average Bonchev–Trinajstić information content (AvgIpc) is 2.37. The number of hydrogen-bond acceptors (Lipinski definition) is 1. The summed E-state index contributed by atoms with van der Waals surface area (Å²) in [6.07, 6.45) is 4.91. The molecule has 0 atom stereocenters. The lowest BCUT2D eigenvalue weighted by atomic mass is 10.0. The Balaban J connectivity index is 2.11. The first kappa shape index (κ1) is 12.4. The van der Waals surface area contributed by atoms with Gasteiger partial charge in [0.1, 0.15) is 5.75 Å². The van der Waals surface area contributed by atoms with Crippen LogP contribution in [0.2, 0.25) is 0 Å². The molecule has 0 amide bonds. The van der Waals surface area contributed by atoms with Crippen molar-refractivity contribution in [3.63, 3.8) is 0 Å². The number of phenolic OH excluding ortho intramolecular Hbond substituents is 1. The van der Waals surface area contributed by atoms with Crippen molar-refractivity contribution >= 4 is 6.08 Å². The Morgan fingerprint density at radius 2 is 1.67 bits per heavy atom. The van der Waals surface area contributed by atoms with E-state index in [1.165, 1.54) is 11.1 Å². The highest BCUT2D eigenvalue weighted by Gasteiger charge is 2.02. The predicted octanol–water partition coefficient (Wildman–Crippen LogP) is 4.26. The number of allylic oxidation sites excluding steroid dienone is 1. The van der Waals surface area contributed by atoms with Gasteiger partial charge in [-0.05, 0) is 48.6 Å². The average molecular weight is 238 g/mol. The molecule has 0 heterocycles. The summed E-state index contributed by atoms with van der Waals surface area (Å²) < 4.78 is 0. The highest BCUT2D eigenvalue weighted by molar-refractivity contribution is 5.50. The molecule has 18 heavy (non-hydrogen) atoms. The maximum atomic E-state index is 9.88. The van der Waals surface area contributed by atoms with E-state index in [2.05, 4.69) is 37.3 Å². The second-order valence-corrected chi connectivity index (χ2v) is 4.58. The third-order valence-electron chi connectivity index (χ3n) is 3.14. The number of aryl methyl sites for hydroxylation is 2. The van der Waals surface area contributed by atoms with E-state index in [4.69, 9.17) is 0 Å². The van der Waals surface area contributed by atoms with Crippen LogP contribution >= 0.6 is 0 Å². The van der Waals surface area contributed by atoms with E-state index in [1.54, 1.807) is 0 Å². The zero-order chi connectivity index (χ0) is 13.0. The zero-order valence-electron chi connectivity index (χ0n) is 10.9. The molecule has 0 bridgehead atoms. The van der Waals surface area contributed by atoms with Crippen molar-refractivity contribution in [1.29, 1.82) is 0 Å². The Labute approximate surface area is 108 Å². The molecule has 0 spiro atoms. The molecule has 0 saturated carbocycles. The molecule has 1 N–H and O–H groups in total. The molecule has 2 aromatic rings. The Kier molecular flexibility index (Phi) is 3.83. The minimum Gasteiger partial charge on any atom is -0.508 e. The number of hydrogen-bond donors (Lipinski definition) is 1. The van der Waals surface area contributed by atoms with Crippen LogP contribution in [0.1, 0.15) is 22.3 Å². The molecular weight excluding hydrogens is 220 g/mol. The van der Waals surface area contributed by atoms with Gasteiger partial charge in [0.05, 0.1) is 0 Å². The van der Waals surface area contributed by atoms with Crippen LogP contribution in [0.5, 0.6) is 5.75 Å². The van der Waals surface area contributed by atoms with Crippen molar-refractivity contribution in [3.05, 3.63) is 70.8 Å². The van der Waals surface area contributed by atoms with Gasteiger partial charge in [-0.25, -0.2) is 0 Å². The van der Waals surface area contributed by atoms with Gasteiger partial charge in [0.2, 0.25) is 0 Å². The van der Waals surface area contributed by atoms with Crippen molar-refractivity contribution in [2.45, 2.75) is 20.3 Å². The summed E-state index contributed by atoms with van der Waals surface area (Å²) in [6, 6.07) is 14.1. The molecule has 0 radical (unpaired) electrons. The van der Waals surface area contributed by atoms with Crippen molar-refractivity contribution in [1.82, 2.24) is 0 Å². The first-order chi connectivity index (χ1) is 8.66. The van der Waals surface area contributed by atoms with Gasteiger partial charge in [-0.15, -0.1) is 0 Å². The third kappa shape index (κ3) is 3.01. The summed E-state index contributed by atoms with van der Waals surface area (Å²) in [4.78, 5) is 0. The number of aromatic hydroxyl groups is 1. The van der Waals surface area contributed by atoms with Gasteiger partial charge in [0.25, 0.3) is 0 Å². The summed E-state index contributed by atoms with van der Waals surface area (Å²) >= 11 is 0. The van der Waals surface area contributed by atoms with E-state index in [-0.39, 0.29) is 0 Å². The molecule has 0 saturated heterocycles. The van der Waals surface area contributed by atoms with Gasteiger partial charge in [-0.2, -0.15) is 0 Å². The van der Waals surface area contributed by atoms with Crippen LogP contribution in [0.3, 0.4) is 0 Å². The van der Waals surface area contributed by atoms with Gasteiger partial charge >= 0.3 is 0 Å². The highest BCUT2D eigenvalue weighted by atomic mass is 16.3. The zero-order valence-corrected chi connectivity index (χ0v) is 10.9. The fourth-order valence-electron chi connectivity index (χ4n) is 1.91. The molecule has 92 valence electrons. The smallest absolute Gasteiger partial charge is 0.119 e. The van der Waals surface area contributed by atoms with E-state index >= 15 is 0 Å². The maximum Gasteiger partial charge on any atom is 0.119 e. The van der Waals surface area contributed by atoms with Crippen molar-refractivity contribution in [2.75, 3.05) is 0 Å². The van der Waals surface area contributed by atoms with Crippen LogP contribution in [-0.4, -0.2) is 5.11 Å². The maximum absolute atomic E-state index is 9.88. The molecule has 0 fully saturated rings. The summed E-state index contributed by atoms with van der Waals surface area (Å²) in [5, 5.41) is 9.88. The monoisotopic (exact) mass is 238 g/mol. The SMILES string of the molecule is Cc1cc(O)c(C/C=C/c2ccccc2)cc1C. The standard InChI is InChI=1S/C17H18O/c1-13-11-16(17(18)12-14(13)2)10-6-9-15-7-4-3-5-8-15/h3-9,11-12,18H,10H2,1-2H3/b9-6+. The van der Waals surface area contributed by atoms with E-state index in [9.17, 15) is 5.11 Å². The lowest BCUT2D eigenvalue weighted by Crippen LogP contribution is -1.88. The summed E-state index contributed by atoms with van der Waals surface area (Å²) in [5.41, 5.74) is 4.50. The van der Waals surface area contributed by atoms with Gasteiger partial charge in [0, 0.05) is 0 Å². The Bertz CT molecular complexity index is 553. The molecule has 0 aliphatic carbocycles. The quantitative estimate of drug-likeness (QED) is 0.846. The predicted molar refractivity (Wildman–Crippen MR) is 76.8 cm³/mol. The van der Waals surface area contributed by atoms with Gasteiger partial charge in [-0.3, -0.25) is 0 Å². The normalized spacial score (nSPS) is 11.0. The van der Waals surface area contributed by atoms with Gasteiger partial charge < -0.3 is 5.11 Å². The fourth-order valence-corrected chi connectivity index (χ4v) is 1.91. The van der Waals surface area contributed by atoms with Gasteiger partial charge in [-0.1, -0.05) is 48.6 Å². The van der Waals surface area contributed by atoms with Crippen molar-refractivity contribution in [2.24, 2.45) is 0 Å². The molecule has 1 nitrogen and oxygen atoms in total. The minimum absolute atomic E-state index is 0.385. The van der Waals surface area contributed by atoms with Crippen LogP contribution < -0.4 is 0 Å². The largest absolute Gasteiger partial charge is 0.508 e. The molecule has 0 aromatic heterocycles. The third-order valence-corrected chi connectivity index (χ3v) is 3.14. The number of benzene rings is 2. The topological polar surface area (TPSA) is 20.2 Å². The molecule has 0 aliphatic heterocycles. The van der Waals surface area contributed by atoms with Crippen molar-refractivity contribution in [3.8, 4) is 5.75 Å².